The second-order valence-electron chi connectivity index (χ2n) is 4.17. The Labute approximate surface area is 130 Å². The average Bonchev–Trinajstić information content (AvgIpc) is 2.32. The summed E-state index contributed by atoms with van der Waals surface area (Å²) in [5, 5.41) is 9.32. The highest BCUT2D eigenvalue weighted by Gasteiger charge is 2.22. The third kappa shape index (κ3) is 4.35. The van der Waals surface area contributed by atoms with E-state index in [0.29, 0.717) is 17.1 Å². The average molecular weight is 396 g/mol. The van der Waals surface area contributed by atoms with E-state index in [4.69, 9.17) is 16.7 Å². The Morgan fingerprint density at radius 3 is 2.58 bits per heavy atom. The second-order valence-corrected chi connectivity index (χ2v) is 5.74. The van der Waals surface area contributed by atoms with E-state index in [1.54, 1.807) is 25.1 Å². The van der Waals surface area contributed by atoms with Gasteiger partial charge in [-0.3, -0.25) is 9.59 Å². The first-order chi connectivity index (χ1) is 8.86. The van der Waals surface area contributed by atoms with Crippen LogP contribution in [0, 0.1) is 3.57 Å². The molecular weight excluding hydrogens is 381 g/mol. The van der Waals surface area contributed by atoms with Crippen molar-refractivity contribution in [2.24, 2.45) is 0 Å². The molecule has 0 aliphatic carbocycles. The highest BCUT2D eigenvalue weighted by Crippen LogP contribution is 2.21. The molecule has 1 unspecified atom stereocenters. The Balaban J connectivity index is 2.94. The summed E-state index contributed by atoms with van der Waals surface area (Å²) in [7, 11) is 0. The van der Waals surface area contributed by atoms with Gasteiger partial charge in [0.05, 0.1) is 11.4 Å². The topological polar surface area (TPSA) is 57.6 Å². The van der Waals surface area contributed by atoms with Crippen molar-refractivity contribution in [3.05, 3.63) is 32.4 Å². The number of carbonyl (C=O) groups is 2. The number of nitrogens with zero attached hydrogens (tertiary/aromatic N) is 1. The molecule has 0 saturated heterocycles. The maximum absolute atomic E-state index is 12.3. The molecule has 0 radical (unpaired) electrons. The molecule has 0 saturated carbocycles. The number of hydrogen-bond acceptors (Lipinski definition) is 2. The maximum Gasteiger partial charge on any atom is 0.305 e. The van der Waals surface area contributed by atoms with Crippen molar-refractivity contribution in [1.82, 2.24) is 4.90 Å². The van der Waals surface area contributed by atoms with Gasteiger partial charge in [0, 0.05) is 21.7 Å². The normalized spacial score (nSPS) is 12.0. The highest BCUT2D eigenvalue weighted by molar-refractivity contribution is 14.1. The van der Waals surface area contributed by atoms with Crippen LogP contribution in [0.1, 0.15) is 30.6 Å². The molecule has 0 bridgehead atoms. The van der Waals surface area contributed by atoms with Gasteiger partial charge >= 0.3 is 5.97 Å². The molecule has 1 rings (SSSR count). The molecule has 19 heavy (non-hydrogen) atoms. The molecule has 104 valence electrons. The summed E-state index contributed by atoms with van der Waals surface area (Å²) < 4.78 is 0.873. The lowest BCUT2D eigenvalue weighted by Gasteiger charge is -2.27. The molecule has 1 aromatic carbocycles. The number of benzene rings is 1. The lowest BCUT2D eigenvalue weighted by molar-refractivity contribution is -0.138. The molecule has 6 heteroatoms. The number of amides is 1. The van der Waals surface area contributed by atoms with Crippen molar-refractivity contribution in [1.29, 1.82) is 0 Å². The molecule has 0 aliphatic rings. The Morgan fingerprint density at radius 2 is 2.11 bits per heavy atom. The SMILES string of the molecule is CCN(C(=O)c1ccc(I)c(Cl)c1)C(C)CC(=O)O. The zero-order valence-electron chi connectivity index (χ0n) is 10.7. The molecular formula is C13H15ClINO3. The van der Waals surface area contributed by atoms with Crippen molar-refractivity contribution in [3.8, 4) is 0 Å². The van der Waals surface area contributed by atoms with Crippen molar-refractivity contribution in [3.63, 3.8) is 0 Å². The van der Waals surface area contributed by atoms with Crippen LogP contribution in [0.4, 0.5) is 0 Å². The minimum atomic E-state index is -0.917. The standard InChI is InChI=1S/C13H15ClINO3/c1-3-16(8(2)6-12(17)18)13(19)9-4-5-11(15)10(14)7-9/h4-5,7-8H,3,6H2,1-2H3,(H,17,18). The van der Waals surface area contributed by atoms with E-state index in [1.165, 1.54) is 4.90 Å². The molecule has 4 nitrogen and oxygen atoms in total. The van der Waals surface area contributed by atoms with Crippen molar-refractivity contribution >= 4 is 46.1 Å². The quantitative estimate of drug-likeness (QED) is 0.779. The van der Waals surface area contributed by atoms with Gasteiger partial charge in [-0.2, -0.15) is 0 Å². The lowest BCUT2D eigenvalue weighted by Crippen LogP contribution is -2.39. The van der Waals surface area contributed by atoms with Crippen LogP contribution in [0.2, 0.25) is 5.02 Å². The first-order valence-electron chi connectivity index (χ1n) is 5.84. The van der Waals surface area contributed by atoms with Gasteiger partial charge in [-0.25, -0.2) is 0 Å². The minimum Gasteiger partial charge on any atom is -0.481 e. The Kier molecular flexibility index (Phi) is 6.06. The number of carboxylic acid groups (broad SMARTS) is 1. The second kappa shape index (κ2) is 7.09. The van der Waals surface area contributed by atoms with E-state index in [9.17, 15) is 9.59 Å². The fourth-order valence-corrected chi connectivity index (χ4v) is 2.33. The maximum atomic E-state index is 12.3. The van der Waals surface area contributed by atoms with Crippen molar-refractivity contribution in [2.75, 3.05) is 6.54 Å². The molecule has 1 aromatic rings. The van der Waals surface area contributed by atoms with Crippen LogP contribution in [0.15, 0.2) is 18.2 Å². The van der Waals surface area contributed by atoms with Gasteiger partial charge in [0.25, 0.3) is 5.91 Å². The largest absolute Gasteiger partial charge is 0.481 e. The summed E-state index contributed by atoms with van der Waals surface area (Å²) in [6.45, 7) is 4.01. The van der Waals surface area contributed by atoms with Crippen LogP contribution in [0.5, 0.6) is 0 Å². The Morgan fingerprint density at radius 1 is 1.47 bits per heavy atom. The van der Waals surface area contributed by atoms with Gasteiger partial charge in [0.2, 0.25) is 0 Å². The summed E-state index contributed by atoms with van der Waals surface area (Å²) in [5.74, 6) is -1.12. The van der Waals surface area contributed by atoms with E-state index >= 15 is 0 Å². The number of halogens is 2. The molecule has 1 atom stereocenters. The van der Waals surface area contributed by atoms with Crippen molar-refractivity contribution in [2.45, 2.75) is 26.3 Å². The zero-order valence-corrected chi connectivity index (χ0v) is 13.6. The van der Waals surface area contributed by atoms with Crippen LogP contribution >= 0.6 is 34.2 Å². The number of rotatable bonds is 5. The van der Waals surface area contributed by atoms with E-state index in [2.05, 4.69) is 22.6 Å². The van der Waals surface area contributed by atoms with Crippen LogP contribution in [0.3, 0.4) is 0 Å². The van der Waals surface area contributed by atoms with Crippen LogP contribution in [-0.2, 0) is 4.79 Å². The first-order valence-corrected chi connectivity index (χ1v) is 7.30. The van der Waals surface area contributed by atoms with Gasteiger partial charge in [0.1, 0.15) is 0 Å². The molecule has 1 amide bonds. The van der Waals surface area contributed by atoms with E-state index in [1.807, 2.05) is 6.92 Å². The van der Waals surface area contributed by atoms with Crippen LogP contribution < -0.4 is 0 Å². The minimum absolute atomic E-state index is 0.0717. The van der Waals surface area contributed by atoms with Gasteiger partial charge in [-0.15, -0.1) is 0 Å². The number of carboxylic acids is 1. The molecule has 0 fully saturated rings. The number of hydrogen-bond donors (Lipinski definition) is 1. The summed E-state index contributed by atoms with van der Waals surface area (Å²) >= 11 is 8.08. The molecule has 0 heterocycles. The van der Waals surface area contributed by atoms with Gasteiger partial charge in [-0.1, -0.05) is 11.6 Å². The molecule has 0 aliphatic heterocycles. The summed E-state index contributed by atoms with van der Waals surface area (Å²) in [6, 6.07) is 4.73. The summed E-state index contributed by atoms with van der Waals surface area (Å²) in [5.41, 5.74) is 0.476. The first kappa shape index (κ1) is 16.2. The molecule has 0 aromatic heterocycles. The van der Waals surface area contributed by atoms with Crippen molar-refractivity contribution < 1.29 is 14.7 Å². The third-order valence-corrected chi connectivity index (χ3v) is 4.34. The highest BCUT2D eigenvalue weighted by atomic mass is 127. The van der Waals surface area contributed by atoms with Gasteiger partial charge < -0.3 is 10.0 Å². The number of aliphatic carboxylic acids is 1. The lowest BCUT2D eigenvalue weighted by atomic mass is 10.1. The van der Waals surface area contributed by atoms with Gasteiger partial charge in [-0.05, 0) is 54.6 Å². The fourth-order valence-electron chi connectivity index (χ4n) is 1.81. The molecule has 0 spiro atoms. The van der Waals surface area contributed by atoms with E-state index in [0.717, 1.165) is 3.57 Å². The summed E-state index contributed by atoms with van der Waals surface area (Å²) in [4.78, 5) is 24.6. The number of carbonyl (C=O) groups excluding carboxylic acids is 1. The zero-order chi connectivity index (χ0) is 14.6. The van der Waals surface area contributed by atoms with E-state index in [-0.39, 0.29) is 18.4 Å². The summed E-state index contributed by atoms with van der Waals surface area (Å²) in [6.07, 6.45) is -0.0717. The van der Waals surface area contributed by atoms with Crippen LogP contribution in [0.25, 0.3) is 0 Å². The Bertz CT molecular complexity index is 493. The third-order valence-electron chi connectivity index (χ3n) is 2.77. The monoisotopic (exact) mass is 395 g/mol. The fraction of sp³-hybridized carbons (Fsp3) is 0.385. The van der Waals surface area contributed by atoms with E-state index < -0.39 is 5.97 Å². The predicted molar refractivity (Wildman–Crippen MR) is 82.6 cm³/mol. The van der Waals surface area contributed by atoms with Gasteiger partial charge in [0.15, 0.2) is 0 Å². The van der Waals surface area contributed by atoms with Crippen LogP contribution in [-0.4, -0.2) is 34.5 Å². The Hall–Kier alpha value is -0.820. The smallest absolute Gasteiger partial charge is 0.305 e. The molecule has 1 N–H and O–H groups in total. The predicted octanol–water partition coefficient (Wildman–Crippen LogP) is 3.27.